The molecule has 2 aromatic heterocycles. The van der Waals surface area contributed by atoms with Gasteiger partial charge in [0.15, 0.2) is 0 Å². The molecule has 0 aliphatic rings. The van der Waals surface area contributed by atoms with Crippen molar-refractivity contribution in [1.82, 2.24) is 18.8 Å². The van der Waals surface area contributed by atoms with Gasteiger partial charge in [-0.15, -0.1) is 0 Å². The predicted molar refractivity (Wildman–Crippen MR) is 82.2 cm³/mol. The highest BCUT2D eigenvalue weighted by atomic mass is 32.2. The maximum absolute atomic E-state index is 11.8. The highest BCUT2D eigenvalue weighted by molar-refractivity contribution is 7.88. The third kappa shape index (κ3) is 3.89. The van der Waals surface area contributed by atoms with Gasteiger partial charge in [0, 0.05) is 19.4 Å². The van der Waals surface area contributed by atoms with E-state index in [4.69, 9.17) is 0 Å². The van der Waals surface area contributed by atoms with Crippen molar-refractivity contribution in [2.45, 2.75) is 6.92 Å². The molecular weight excluding hydrogens is 306 g/mol. The molecule has 1 amide bonds. The molecule has 0 aromatic carbocycles. The number of nitrogens with zero attached hydrogens (tertiary/aromatic N) is 4. The van der Waals surface area contributed by atoms with E-state index in [0.29, 0.717) is 11.5 Å². The van der Waals surface area contributed by atoms with Gasteiger partial charge < -0.3 is 5.32 Å². The second-order valence-electron chi connectivity index (χ2n) is 4.82. The lowest BCUT2D eigenvalue weighted by molar-refractivity contribution is -0.116. The van der Waals surface area contributed by atoms with E-state index in [0.717, 1.165) is 16.4 Å². The molecule has 8 nitrogen and oxygen atoms in total. The highest BCUT2D eigenvalue weighted by Crippen LogP contribution is 2.11. The average Bonchev–Trinajstić information content (AvgIpc) is 2.84. The van der Waals surface area contributed by atoms with Crippen LogP contribution in [0.25, 0.3) is 5.82 Å². The van der Waals surface area contributed by atoms with Gasteiger partial charge in [0.1, 0.15) is 11.6 Å². The third-order valence-corrected chi connectivity index (χ3v) is 4.30. The molecule has 0 unspecified atom stereocenters. The Hall–Kier alpha value is -2.26. The Labute approximate surface area is 128 Å². The topological polar surface area (TPSA) is 97.2 Å². The summed E-state index contributed by atoms with van der Waals surface area (Å²) in [5.74, 6) is 1.06. The number of rotatable bonds is 5. The van der Waals surface area contributed by atoms with E-state index < -0.39 is 15.9 Å². The van der Waals surface area contributed by atoms with Gasteiger partial charge in [0.05, 0.1) is 24.7 Å². The molecule has 118 valence electrons. The van der Waals surface area contributed by atoms with Crippen molar-refractivity contribution in [3.05, 3.63) is 36.5 Å². The van der Waals surface area contributed by atoms with Crippen molar-refractivity contribution in [3.63, 3.8) is 0 Å². The molecule has 1 N–H and O–H groups in total. The van der Waals surface area contributed by atoms with Crippen LogP contribution in [-0.2, 0) is 14.8 Å². The number of hydrogen-bond donors (Lipinski definition) is 1. The first-order valence-corrected chi connectivity index (χ1v) is 8.30. The summed E-state index contributed by atoms with van der Waals surface area (Å²) < 4.78 is 25.3. The highest BCUT2D eigenvalue weighted by Gasteiger charge is 2.15. The van der Waals surface area contributed by atoms with Crippen LogP contribution in [0.3, 0.4) is 0 Å². The molecule has 0 fully saturated rings. The molecule has 9 heteroatoms. The third-order valence-electron chi connectivity index (χ3n) is 3.04. The van der Waals surface area contributed by atoms with Crippen LogP contribution in [0, 0.1) is 6.92 Å². The van der Waals surface area contributed by atoms with Gasteiger partial charge in [-0.1, -0.05) is 0 Å². The number of carbonyl (C=O) groups excluding carboxylic acids is 1. The van der Waals surface area contributed by atoms with Crippen LogP contribution in [0.4, 0.5) is 5.69 Å². The Bertz CT molecular complexity index is 767. The lowest BCUT2D eigenvalue weighted by atomic mass is 10.4. The first-order chi connectivity index (χ1) is 10.3. The molecule has 22 heavy (non-hydrogen) atoms. The van der Waals surface area contributed by atoms with Crippen LogP contribution in [-0.4, -0.2) is 53.0 Å². The standard InChI is InChI=1S/C13H17N5O3S/c1-10-14-6-7-18(10)12-5-4-11(8-15-12)16-13(19)9-17(2)22(3,20)21/h4-8H,9H2,1-3H3,(H,16,19). The van der Waals surface area contributed by atoms with Crippen molar-refractivity contribution in [1.29, 1.82) is 0 Å². The molecule has 0 atom stereocenters. The second kappa shape index (κ2) is 6.24. The van der Waals surface area contributed by atoms with E-state index in [2.05, 4.69) is 15.3 Å². The van der Waals surface area contributed by atoms with Crippen LogP contribution in [0.5, 0.6) is 0 Å². The smallest absolute Gasteiger partial charge is 0.239 e. The Morgan fingerprint density at radius 3 is 2.59 bits per heavy atom. The normalized spacial score (nSPS) is 11.6. The van der Waals surface area contributed by atoms with Crippen molar-refractivity contribution in [3.8, 4) is 5.82 Å². The number of aryl methyl sites for hydroxylation is 1. The summed E-state index contributed by atoms with van der Waals surface area (Å²) in [5, 5.41) is 2.60. The van der Waals surface area contributed by atoms with Gasteiger partial charge in [0.25, 0.3) is 0 Å². The average molecular weight is 323 g/mol. The van der Waals surface area contributed by atoms with E-state index in [1.54, 1.807) is 24.5 Å². The summed E-state index contributed by atoms with van der Waals surface area (Å²) >= 11 is 0. The molecule has 0 saturated carbocycles. The number of imidazole rings is 1. The summed E-state index contributed by atoms with van der Waals surface area (Å²) in [6.45, 7) is 1.61. The minimum Gasteiger partial charge on any atom is -0.324 e. The molecule has 2 aromatic rings. The van der Waals surface area contributed by atoms with Crippen LogP contribution in [0.15, 0.2) is 30.7 Å². The fourth-order valence-electron chi connectivity index (χ4n) is 1.74. The number of anilines is 1. The first-order valence-electron chi connectivity index (χ1n) is 6.45. The maximum Gasteiger partial charge on any atom is 0.239 e. The molecule has 0 saturated heterocycles. The van der Waals surface area contributed by atoms with Crippen molar-refractivity contribution >= 4 is 21.6 Å². The Balaban J connectivity index is 2.03. The van der Waals surface area contributed by atoms with E-state index >= 15 is 0 Å². The number of nitrogens with one attached hydrogen (secondary N) is 1. The molecule has 0 aliphatic carbocycles. The zero-order valence-corrected chi connectivity index (χ0v) is 13.3. The fraction of sp³-hybridized carbons (Fsp3) is 0.308. The van der Waals surface area contributed by atoms with Gasteiger partial charge in [-0.05, 0) is 19.1 Å². The lowest BCUT2D eigenvalue weighted by Crippen LogP contribution is -2.34. The van der Waals surface area contributed by atoms with Crippen molar-refractivity contribution in [2.75, 3.05) is 25.2 Å². The number of hydrogen-bond acceptors (Lipinski definition) is 5. The molecular formula is C13H17N5O3S. The summed E-state index contributed by atoms with van der Waals surface area (Å²) in [7, 11) is -2.04. The van der Waals surface area contributed by atoms with Gasteiger partial charge >= 0.3 is 0 Å². The molecule has 0 aliphatic heterocycles. The minimum absolute atomic E-state index is 0.249. The lowest BCUT2D eigenvalue weighted by Gasteiger charge is -2.13. The summed E-state index contributed by atoms with van der Waals surface area (Å²) in [6.07, 6.45) is 6.02. The predicted octanol–water partition coefficient (Wildman–Crippen LogP) is 0.406. The number of sulfonamides is 1. The van der Waals surface area contributed by atoms with Gasteiger partial charge in [-0.3, -0.25) is 9.36 Å². The minimum atomic E-state index is -3.38. The van der Waals surface area contributed by atoms with Gasteiger partial charge in [-0.25, -0.2) is 18.4 Å². The number of amides is 1. The Morgan fingerprint density at radius 2 is 2.09 bits per heavy atom. The summed E-state index contributed by atoms with van der Waals surface area (Å²) in [6, 6.07) is 3.44. The van der Waals surface area contributed by atoms with Gasteiger partial charge in [-0.2, -0.15) is 4.31 Å². The molecule has 2 rings (SSSR count). The van der Waals surface area contributed by atoms with Gasteiger partial charge in [0.2, 0.25) is 15.9 Å². The zero-order chi connectivity index (χ0) is 16.3. The molecule has 2 heterocycles. The fourth-order valence-corrected chi connectivity index (χ4v) is 2.09. The monoisotopic (exact) mass is 323 g/mol. The van der Waals surface area contributed by atoms with Crippen LogP contribution >= 0.6 is 0 Å². The molecule has 0 spiro atoms. The van der Waals surface area contributed by atoms with Crippen molar-refractivity contribution < 1.29 is 13.2 Å². The second-order valence-corrected chi connectivity index (χ2v) is 6.91. The van der Waals surface area contributed by atoms with E-state index in [1.165, 1.54) is 13.2 Å². The van der Waals surface area contributed by atoms with Crippen LogP contribution < -0.4 is 5.32 Å². The van der Waals surface area contributed by atoms with Crippen LogP contribution in [0.1, 0.15) is 5.82 Å². The maximum atomic E-state index is 11.8. The Morgan fingerprint density at radius 1 is 1.36 bits per heavy atom. The van der Waals surface area contributed by atoms with E-state index in [-0.39, 0.29) is 6.54 Å². The molecule has 0 radical (unpaired) electrons. The van der Waals surface area contributed by atoms with E-state index in [9.17, 15) is 13.2 Å². The summed E-state index contributed by atoms with van der Waals surface area (Å²) in [5.41, 5.74) is 0.494. The number of likely N-dealkylation sites (N-methyl/N-ethyl adjacent to an activating group) is 1. The largest absolute Gasteiger partial charge is 0.324 e. The van der Waals surface area contributed by atoms with Crippen LogP contribution in [0.2, 0.25) is 0 Å². The SMILES string of the molecule is Cc1nccn1-c1ccc(NC(=O)CN(C)S(C)(=O)=O)cn1. The van der Waals surface area contributed by atoms with E-state index in [1.807, 2.05) is 11.5 Å². The summed E-state index contributed by atoms with van der Waals surface area (Å²) in [4.78, 5) is 20.1. The quantitative estimate of drug-likeness (QED) is 0.859. The number of pyridine rings is 1. The van der Waals surface area contributed by atoms with Crippen molar-refractivity contribution in [2.24, 2.45) is 0 Å². The zero-order valence-electron chi connectivity index (χ0n) is 12.5. The first kappa shape index (κ1) is 16.1. The number of carbonyl (C=O) groups is 1. The molecule has 0 bridgehead atoms. The Kier molecular flexibility index (Phi) is 4.57. The number of aromatic nitrogens is 3.